The Hall–Kier alpha value is -0.430. The highest BCUT2D eigenvalue weighted by atomic mass is 35.5. The third-order valence-corrected chi connectivity index (χ3v) is 1.35. The Morgan fingerprint density at radius 2 is 2.10 bits per heavy atom. The Labute approximate surface area is 67.3 Å². The first-order valence-corrected chi connectivity index (χ1v) is 3.61. The van der Waals surface area contributed by atoms with Crippen molar-refractivity contribution >= 4 is 11.6 Å². The van der Waals surface area contributed by atoms with Gasteiger partial charge in [-0.15, -0.1) is 0 Å². The molecule has 0 aromatic heterocycles. The second-order valence-corrected chi connectivity index (χ2v) is 2.68. The van der Waals surface area contributed by atoms with Crippen molar-refractivity contribution in [3.8, 4) is 0 Å². The van der Waals surface area contributed by atoms with E-state index in [4.69, 9.17) is 16.3 Å². The fourth-order valence-corrected chi connectivity index (χ4v) is 0.598. The number of ether oxygens (including phenoxy) is 1. The number of halogens is 1. The lowest BCUT2D eigenvalue weighted by Gasteiger charge is -2.09. The molecule has 0 heterocycles. The smallest absolute Gasteiger partial charge is 0.112 e. The van der Waals surface area contributed by atoms with Crippen LogP contribution in [0.5, 0.6) is 0 Å². The van der Waals surface area contributed by atoms with Crippen LogP contribution in [-0.4, -0.2) is 6.10 Å². The summed E-state index contributed by atoms with van der Waals surface area (Å²) in [7, 11) is 0. The molecule has 0 rings (SSSR count). The van der Waals surface area contributed by atoms with Crippen LogP contribution in [0.2, 0.25) is 0 Å². The van der Waals surface area contributed by atoms with E-state index in [0.717, 1.165) is 5.76 Å². The minimum absolute atomic E-state index is 0.175. The lowest BCUT2D eigenvalue weighted by atomic mass is 10.4. The number of hydrogen-bond acceptors (Lipinski definition) is 1. The molecule has 0 unspecified atom stereocenters. The highest BCUT2D eigenvalue weighted by molar-refractivity contribution is 6.31. The lowest BCUT2D eigenvalue weighted by molar-refractivity contribution is 0.148. The van der Waals surface area contributed by atoms with E-state index in [1.165, 1.54) is 0 Å². The van der Waals surface area contributed by atoms with Crippen LogP contribution in [0.25, 0.3) is 0 Å². The second kappa shape index (κ2) is 4.40. The van der Waals surface area contributed by atoms with Gasteiger partial charge in [0.1, 0.15) is 5.76 Å². The van der Waals surface area contributed by atoms with E-state index >= 15 is 0 Å². The Balaban J connectivity index is 4.04. The van der Waals surface area contributed by atoms with E-state index in [1.54, 1.807) is 6.08 Å². The topological polar surface area (TPSA) is 9.23 Å². The Morgan fingerprint density at radius 3 is 2.40 bits per heavy atom. The first-order valence-electron chi connectivity index (χ1n) is 3.23. The molecule has 0 aliphatic heterocycles. The second-order valence-electron chi connectivity index (χ2n) is 2.27. The fraction of sp³-hybridized carbons (Fsp3) is 0.500. The summed E-state index contributed by atoms with van der Waals surface area (Å²) in [6, 6.07) is 0. The average Bonchev–Trinajstić information content (AvgIpc) is 1.85. The molecule has 0 saturated carbocycles. The molecule has 0 bridgehead atoms. The van der Waals surface area contributed by atoms with Crippen molar-refractivity contribution in [2.24, 2.45) is 0 Å². The molecular formula is C8H13ClO. The summed E-state index contributed by atoms with van der Waals surface area (Å²) in [6.45, 7) is 9.25. The Kier molecular flexibility index (Phi) is 4.21. The molecule has 0 fully saturated rings. The van der Waals surface area contributed by atoms with E-state index in [9.17, 15) is 0 Å². The van der Waals surface area contributed by atoms with E-state index in [-0.39, 0.29) is 6.10 Å². The molecule has 0 aliphatic rings. The molecule has 0 aromatic rings. The van der Waals surface area contributed by atoms with Crippen LogP contribution in [0.1, 0.15) is 20.8 Å². The third-order valence-electron chi connectivity index (χ3n) is 0.928. The van der Waals surface area contributed by atoms with Crippen molar-refractivity contribution in [1.29, 1.82) is 0 Å². The van der Waals surface area contributed by atoms with Crippen LogP contribution in [0.4, 0.5) is 0 Å². The molecule has 1 nitrogen and oxygen atoms in total. The molecule has 0 amide bonds. The van der Waals surface area contributed by atoms with Gasteiger partial charge in [0.15, 0.2) is 0 Å². The maximum atomic E-state index is 5.70. The minimum atomic E-state index is 0.175. The predicted molar refractivity (Wildman–Crippen MR) is 45.0 cm³/mol. The summed E-state index contributed by atoms with van der Waals surface area (Å²) in [5.74, 6) is 0.728. The Bertz CT molecular complexity index is 147. The van der Waals surface area contributed by atoms with Crippen LogP contribution >= 0.6 is 11.6 Å². The van der Waals surface area contributed by atoms with Crippen molar-refractivity contribution in [3.63, 3.8) is 0 Å². The molecule has 0 aliphatic carbocycles. The number of hydrogen-bond donors (Lipinski definition) is 0. The third kappa shape index (κ3) is 3.57. The van der Waals surface area contributed by atoms with Crippen molar-refractivity contribution in [2.75, 3.05) is 0 Å². The normalized spacial score (nSPS) is 12.9. The molecule has 10 heavy (non-hydrogen) atoms. The van der Waals surface area contributed by atoms with Crippen LogP contribution in [0, 0.1) is 0 Å². The minimum Gasteiger partial charge on any atom is -0.494 e. The fourth-order valence-electron chi connectivity index (χ4n) is 0.554. The number of rotatable bonds is 3. The van der Waals surface area contributed by atoms with Gasteiger partial charge in [-0.3, -0.25) is 0 Å². The summed E-state index contributed by atoms with van der Waals surface area (Å²) in [5.41, 5.74) is 0. The summed E-state index contributed by atoms with van der Waals surface area (Å²) in [4.78, 5) is 0. The molecule has 0 atom stereocenters. The SMILES string of the molecule is C=C/C(Cl)=C(\C)OC(C)C. The van der Waals surface area contributed by atoms with Crippen LogP contribution in [0.3, 0.4) is 0 Å². The monoisotopic (exact) mass is 160 g/mol. The first kappa shape index (κ1) is 9.57. The van der Waals surface area contributed by atoms with Crippen LogP contribution < -0.4 is 0 Å². The van der Waals surface area contributed by atoms with Crippen molar-refractivity contribution in [3.05, 3.63) is 23.4 Å². The summed E-state index contributed by atoms with van der Waals surface area (Å²) in [6.07, 6.45) is 1.74. The standard InChI is InChI=1S/C8H13ClO/c1-5-8(9)7(4)10-6(2)3/h5-6H,1H2,2-4H3/b8-7-. The molecular weight excluding hydrogens is 148 g/mol. The summed E-state index contributed by atoms with van der Waals surface area (Å²) < 4.78 is 5.28. The van der Waals surface area contributed by atoms with Gasteiger partial charge in [-0.25, -0.2) is 0 Å². The van der Waals surface area contributed by atoms with E-state index in [1.807, 2.05) is 20.8 Å². The highest BCUT2D eigenvalue weighted by Gasteiger charge is 1.97. The molecule has 0 N–H and O–H groups in total. The van der Waals surface area contributed by atoms with E-state index in [2.05, 4.69) is 6.58 Å². The first-order chi connectivity index (χ1) is 4.57. The van der Waals surface area contributed by atoms with Gasteiger partial charge < -0.3 is 4.74 Å². The van der Waals surface area contributed by atoms with Crippen LogP contribution in [-0.2, 0) is 4.74 Å². The molecule has 0 aromatic carbocycles. The van der Waals surface area contributed by atoms with Crippen molar-refractivity contribution in [2.45, 2.75) is 26.9 Å². The van der Waals surface area contributed by atoms with E-state index < -0.39 is 0 Å². The lowest BCUT2D eigenvalue weighted by Crippen LogP contribution is -2.00. The zero-order valence-electron chi connectivity index (χ0n) is 6.65. The van der Waals surface area contributed by atoms with Gasteiger partial charge >= 0.3 is 0 Å². The zero-order chi connectivity index (χ0) is 8.15. The molecule has 58 valence electrons. The average molecular weight is 161 g/mol. The van der Waals surface area contributed by atoms with Gasteiger partial charge in [-0.2, -0.15) is 0 Å². The summed E-state index contributed by atoms with van der Waals surface area (Å²) >= 11 is 5.70. The van der Waals surface area contributed by atoms with Gasteiger partial charge in [0, 0.05) is 0 Å². The van der Waals surface area contributed by atoms with E-state index in [0.29, 0.717) is 5.03 Å². The maximum absolute atomic E-state index is 5.70. The van der Waals surface area contributed by atoms with Crippen molar-refractivity contribution < 1.29 is 4.74 Å². The quantitative estimate of drug-likeness (QED) is 0.456. The van der Waals surface area contributed by atoms with Gasteiger partial charge in [0.2, 0.25) is 0 Å². The van der Waals surface area contributed by atoms with Crippen LogP contribution in [0.15, 0.2) is 23.4 Å². The largest absolute Gasteiger partial charge is 0.494 e. The molecule has 0 saturated heterocycles. The van der Waals surface area contributed by atoms with Gasteiger partial charge in [0.25, 0.3) is 0 Å². The molecule has 0 radical (unpaired) electrons. The maximum Gasteiger partial charge on any atom is 0.112 e. The number of allylic oxidation sites excluding steroid dienone is 3. The molecule has 2 heteroatoms. The molecule has 0 spiro atoms. The predicted octanol–water partition coefficient (Wildman–Crippen LogP) is 3.07. The van der Waals surface area contributed by atoms with Gasteiger partial charge in [-0.1, -0.05) is 18.2 Å². The van der Waals surface area contributed by atoms with Gasteiger partial charge in [0.05, 0.1) is 11.1 Å². The highest BCUT2D eigenvalue weighted by Crippen LogP contribution is 2.12. The Morgan fingerprint density at radius 1 is 1.60 bits per heavy atom. The van der Waals surface area contributed by atoms with Crippen molar-refractivity contribution in [1.82, 2.24) is 0 Å². The zero-order valence-corrected chi connectivity index (χ0v) is 7.40. The van der Waals surface area contributed by atoms with Gasteiger partial charge in [-0.05, 0) is 26.8 Å². The summed E-state index contributed by atoms with van der Waals surface area (Å²) in [5, 5.41) is 0.578.